The van der Waals surface area contributed by atoms with Crippen molar-refractivity contribution in [2.45, 2.75) is 19.6 Å². The van der Waals surface area contributed by atoms with E-state index in [9.17, 15) is 0 Å². The largest absolute Gasteiger partial charge is 0.352 e. The van der Waals surface area contributed by atoms with E-state index < -0.39 is 0 Å². The second-order valence-electron chi connectivity index (χ2n) is 6.27. The van der Waals surface area contributed by atoms with Crippen molar-refractivity contribution in [1.29, 1.82) is 0 Å². The molecule has 0 aliphatic heterocycles. The number of guanidine groups is 1. The van der Waals surface area contributed by atoms with Crippen molar-refractivity contribution in [3.8, 4) is 0 Å². The maximum atomic E-state index is 4.40. The van der Waals surface area contributed by atoms with Gasteiger partial charge in [0.1, 0.15) is 0 Å². The van der Waals surface area contributed by atoms with Gasteiger partial charge in [-0.1, -0.05) is 54.6 Å². The van der Waals surface area contributed by atoms with Crippen molar-refractivity contribution in [3.63, 3.8) is 0 Å². The lowest BCUT2D eigenvalue weighted by Crippen LogP contribution is -2.38. The minimum absolute atomic E-state index is 0.735. The molecule has 5 nitrogen and oxygen atoms in total. The van der Waals surface area contributed by atoms with E-state index in [0.29, 0.717) is 0 Å². The van der Waals surface area contributed by atoms with Crippen LogP contribution in [0.4, 0.5) is 0 Å². The van der Waals surface area contributed by atoms with Crippen molar-refractivity contribution in [2.75, 3.05) is 14.1 Å². The van der Waals surface area contributed by atoms with Gasteiger partial charge in [0.25, 0.3) is 0 Å². The highest BCUT2D eigenvalue weighted by Gasteiger charge is 2.07. The average Bonchev–Trinajstić information content (AvgIpc) is 3.16. The Morgan fingerprint density at radius 3 is 2.54 bits per heavy atom. The average molecular weight is 347 g/mol. The molecule has 134 valence electrons. The van der Waals surface area contributed by atoms with Crippen LogP contribution < -0.4 is 5.32 Å². The predicted octanol–water partition coefficient (Wildman–Crippen LogP) is 3.14. The SMILES string of the molecule is CN=C(NCc1cccc(Cn2cccn2)c1)N(C)Cc1ccccc1. The number of benzene rings is 2. The first-order valence-electron chi connectivity index (χ1n) is 8.75. The van der Waals surface area contributed by atoms with Crippen LogP contribution in [0.25, 0.3) is 0 Å². The van der Waals surface area contributed by atoms with E-state index in [1.807, 2.05) is 30.1 Å². The maximum absolute atomic E-state index is 4.40. The van der Waals surface area contributed by atoms with Crippen molar-refractivity contribution in [1.82, 2.24) is 20.0 Å². The van der Waals surface area contributed by atoms with Crippen molar-refractivity contribution >= 4 is 5.96 Å². The zero-order chi connectivity index (χ0) is 18.2. The molecule has 3 aromatic rings. The van der Waals surface area contributed by atoms with Crippen LogP contribution in [-0.4, -0.2) is 34.7 Å². The minimum Gasteiger partial charge on any atom is -0.352 e. The lowest BCUT2D eigenvalue weighted by Gasteiger charge is -2.22. The van der Waals surface area contributed by atoms with Gasteiger partial charge in [-0.15, -0.1) is 0 Å². The summed E-state index contributed by atoms with van der Waals surface area (Å²) in [6, 6.07) is 20.9. The molecule has 0 spiro atoms. The first kappa shape index (κ1) is 17.7. The summed E-state index contributed by atoms with van der Waals surface area (Å²) in [5.74, 6) is 0.881. The standard InChI is InChI=1S/C21H25N5/c1-22-21(25(2)16-18-8-4-3-5-9-18)23-15-19-10-6-11-20(14-19)17-26-13-7-12-24-26/h3-14H,15-17H2,1-2H3,(H,22,23). The zero-order valence-corrected chi connectivity index (χ0v) is 15.3. The first-order valence-corrected chi connectivity index (χ1v) is 8.75. The van der Waals surface area contributed by atoms with Crippen LogP contribution in [0.1, 0.15) is 16.7 Å². The van der Waals surface area contributed by atoms with Gasteiger partial charge in [-0.3, -0.25) is 9.67 Å². The quantitative estimate of drug-likeness (QED) is 0.550. The predicted molar refractivity (Wildman–Crippen MR) is 106 cm³/mol. The third-order valence-corrected chi connectivity index (χ3v) is 4.18. The third kappa shape index (κ3) is 4.96. The van der Waals surface area contributed by atoms with Crippen LogP contribution >= 0.6 is 0 Å². The van der Waals surface area contributed by atoms with Crippen LogP contribution in [0.2, 0.25) is 0 Å². The molecule has 0 saturated carbocycles. The molecule has 26 heavy (non-hydrogen) atoms. The van der Waals surface area contributed by atoms with Gasteiger partial charge in [-0.25, -0.2) is 0 Å². The van der Waals surface area contributed by atoms with Crippen LogP contribution in [-0.2, 0) is 19.6 Å². The fourth-order valence-corrected chi connectivity index (χ4v) is 2.92. The Hall–Kier alpha value is -3.08. The molecule has 1 heterocycles. The van der Waals surface area contributed by atoms with Crippen LogP contribution in [0.5, 0.6) is 0 Å². The molecule has 0 aliphatic carbocycles. The summed E-state index contributed by atoms with van der Waals surface area (Å²) < 4.78 is 1.93. The van der Waals surface area contributed by atoms with E-state index in [0.717, 1.165) is 25.6 Å². The molecule has 1 aromatic heterocycles. The second-order valence-corrected chi connectivity index (χ2v) is 6.27. The summed E-state index contributed by atoms with van der Waals surface area (Å²) in [5.41, 5.74) is 3.73. The molecule has 0 atom stereocenters. The number of rotatable bonds is 6. The Morgan fingerprint density at radius 1 is 1.04 bits per heavy atom. The highest BCUT2D eigenvalue weighted by atomic mass is 15.3. The number of hydrogen-bond donors (Lipinski definition) is 1. The van der Waals surface area contributed by atoms with Crippen molar-refractivity contribution in [3.05, 3.63) is 89.7 Å². The van der Waals surface area contributed by atoms with Gasteiger partial charge in [-0.05, 0) is 22.8 Å². The lowest BCUT2D eigenvalue weighted by atomic mass is 10.1. The summed E-state index contributed by atoms with van der Waals surface area (Å²) in [7, 11) is 3.87. The minimum atomic E-state index is 0.735. The van der Waals surface area contributed by atoms with Crippen LogP contribution in [0, 0.1) is 0 Å². The lowest BCUT2D eigenvalue weighted by molar-refractivity contribution is 0.476. The monoisotopic (exact) mass is 347 g/mol. The fraction of sp³-hybridized carbons (Fsp3) is 0.238. The zero-order valence-electron chi connectivity index (χ0n) is 15.3. The summed E-state index contributed by atoms with van der Waals surface area (Å²) >= 11 is 0. The molecule has 0 radical (unpaired) electrons. The summed E-state index contributed by atoms with van der Waals surface area (Å²) in [5, 5.41) is 7.71. The van der Waals surface area contributed by atoms with Gasteiger partial charge in [0.05, 0.1) is 6.54 Å². The van der Waals surface area contributed by atoms with E-state index >= 15 is 0 Å². The van der Waals surface area contributed by atoms with Gasteiger partial charge < -0.3 is 10.2 Å². The molecular weight excluding hydrogens is 322 g/mol. The summed E-state index contributed by atoms with van der Waals surface area (Å²) in [6.45, 7) is 2.34. The van der Waals surface area contributed by atoms with Gasteiger partial charge in [0.2, 0.25) is 0 Å². The normalized spacial score (nSPS) is 11.4. The highest BCUT2D eigenvalue weighted by molar-refractivity contribution is 5.79. The van der Waals surface area contributed by atoms with E-state index in [1.54, 1.807) is 6.20 Å². The van der Waals surface area contributed by atoms with Gasteiger partial charge >= 0.3 is 0 Å². The molecule has 1 N–H and O–H groups in total. The molecule has 2 aromatic carbocycles. The van der Waals surface area contributed by atoms with Gasteiger partial charge in [0, 0.05) is 39.6 Å². The number of aromatic nitrogens is 2. The Kier molecular flexibility index (Phi) is 6.04. The molecule has 0 bridgehead atoms. The molecule has 0 amide bonds. The Labute approximate surface area is 155 Å². The van der Waals surface area contributed by atoms with Gasteiger partial charge in [0.15, 0.2) is 5.96 Å². The third-order valence-electron chi connectivity index (χ3n) is 4.18. The Balaban J connectivity index is 1.58. The summed E-state index contributed by atoms with van der Waals surface area (Å²) in [6.07, 6.45) is 3.78. The number of nitrogens with one attached hydrogen (secondary N) is 1. The van der Waals surface area contributed by atoms with Crippen molar-refractivity contribution < 1.29 is 0 Å². The van der Waals surface area contributed by atoms with E-state index in [4.69, 9.17) is 0 Å². The van der Waals surface area contributed by atoms with E-state index in [1.165, 1.54) is 16.7 Å². The Morgan fingerprint density at radius 2 is 1.81 bits per heavy atom. The second kappa shape index (κ2) is 8.85. The molecule has 0 aliphatic rings. The molecular formula is C21H25N5. The number of aliphatic imine (C=N–C) groups is 1. The molecule has 0 saturated heterocycles. The number of nitrogens with zero attached hydrogens (tertiary/aromatic N) is 4. The Bertz CT molecular complexity index is 825. The summed E-state index contributed by atoms with van der Waals surface area (Å²) in [4.78, 5) is 6.53. The van der Waals surface area contributed by atoms with E-state index in [-0.39, 0.29) is 0 Å². The topological polar surface area (TPSA) is 45.5 Å². The molecule has 3 rings (SSSR count). The smallest absolute Gasteiger partial charge is 0.193 e. The number of hydrogen-bond acceptors (Lipinski definition) is 2. The fourth-order valence-electron chi connectivity index (χ4n) is 2.92. The van der Waals surface area contributed by atoms with Crippen molar-refractivity contribution in [2.24, 2.45) is 4.99 Å². The highest BCUT2D eigenvalue weighted by Crippen LogP contribution is 2.08. The molecule has 0 unspecified atom stereocenters. The van der Waals surface area contributed by atoms with Crippen LogP contribution in [0.3, 0.4) is 0 Å². The maximum Gasteiger partial charge on any atom is 0.193 e. The van der Waals surface area contributed by atoms with Gasteiger partial charge in [-0.2, -0.15) is 5.10 Å². The first-order chi connectivity index (χ1) is 12.7. The molecule has 0 fully saturated rings. The van der Waals surface area contributed by atoms with E-state index in [2.05, 4.69) is 75.9 Å². The molecule has 5 heteroatoms. The van der Waals surface area contributed by atoms with Crippen LogP contribution in [0.15, 0.2) is 78.0 Å².